The molecule has 17 heavy (non-hydrogen) atoms. The van der Waals surface area contributed by atoms with Crippen molar-refractivity contribution in [1.82, 2.24) is 0 Å². The number of anilines is 2. The van der Waals surface area contributed by atoms with Gasteiger partial charge in [-0.25, -0.2) is 8.42 Å². The second-order valence-corrected chi connectivity index (χ2v) is 7.04. The van der Waals surface area contributed by atoms with Crippen LogP contribution in [-0.2, 0) is 9.84 Å². The Hall–Kier alpha value is -0.940. The van der Waals surface area contributed by atoms with E-state index in [1.54, 1.807) is 12.1 Å². The molecule has 2 rings (SSSR count). The number of benzene rings is 1. The van der Waals surface area contributed by atoms with E-state index in [4.69, 9.17) is 17.3 Å². The number of nitrogens with zero attached hydrogens (tertiary/aromatic N) is 1. The molecule has 6 heteroatoms. The molecule has 1 fully saturated rings. The van der Waals surface area contributed by atoms with Crippen LogP contribution in [0.1, 0.15) is 6.42 Å². The van der Waals surface area contributed by atoms with Crippen LogP contribution in [0.15, 0.2) is 18.2 Å². The molecule has 1 aliphatic heterocycles. The van der Waals surface area contributed by atoms with Crippen LogP contribution in [0.3, 0.4) is 0 Å². The van der Waals surface area contributed by atoms with E-state index in [1.165, 1.54) is 0 Å². The standard InChI is InChI=1S/C11H15ClN2O2S/c1-14(9-4-5-17(15,16)7-9)11-3-2-8(12)6-10(11)13/h2-3,6,9H,4-5,7,13H2,1H3. The van der Waals surface area contributed by atoms with E-state index in [9.17, 15) is 8.42 Å². The number of rotatable bonds is 2. The van der Waals surface area contributed by atoms with E-state index in [2.05, 4.69) is 0 Å². The summed E-state index contributed by atoms with van der Waals surface area (Å²) in [5.74, 6) is 0.459. The van der Waals surface area contributed by atoms with E-state index in [0.29, 0.717) is 17.1 Å². The highest BCUT2D eigenvalue weighted by molar-refractivity contribution is 7.91. The first-order chi connectivity index (χ1) is 7.89. The minimum atomic E-state index is -2.88. The average molecular weight is 275 g/mol. The Morgan fingerprint density at radius 3 is 2.71 bits per heavy atom. The Balaban J connectivity index is 2.23. The van der Waals surface area contributed by atoms with Crippen LogP contribution in [-0.4, -0.2) is 33.0 Å². The zero-order valence-electron chi connectivity index (χ0n) is 9.56. The Bertz CT molecular complexity index is 530. The first kappa shape index (κ1) is 12.5. The van der Waals surface area contributed by atoms with Gasteiger partial charge >= 0.3 is 0 Å². The van der Waals surface area contributed by atoms with E-state index in [1.807, 2.05) is 18.0 Å². The van der Waals surface area contributed by atoms with Crippen LogP contribution in [0, 0.1) is 0 Å². The van der Waals surface area contributed by atoms with Crippen molar-refractivity contribution in [2.45, 2.75) is 12.5 Å². The number of nitrogen functional groups attached to an aromatic ring is 1. The van der Waals surface area contributed by atoms with Crippen LogP contribution in [0.4, 0.5) is 11.4 Å². The fourth-order valence-electron chi connectivity index (χ4n) is 2.12. The third-order valence-electron chi connectivity index (χ3n) is 3.13. The smallest absolute Gasteiger partial charge is 0.152 e. The van der Waals surface area contributed by atoms with Crippen molar-refractivity contribution >= 4 is 32.8 Å². The maximum atomic E-state index is 11.4. The van der Waals surface area contributed by atoms with Crippen molar-refractivity contribution < 1.29 is 8.42 Å². The highest BCUT2D eigenvalue weighted by atomic mass is 35.5. The highest BCUT2D eigenvalue weighted by Gasteiger charge is 2.31. The van der Waals surface area contributed by atoms with E-state index in [-0.39, 0.29) is 17.5 Å². The summed E-state index contributed by atoms with van der Waals surface area (Å²) in [6.07, 6.45) is 0.654. The summed E-state index contributed by atoms with van der Waals surface area (Å²) in [4.78, 5) is 1.93. The molecule has 1 aromatic rings. The topological polar surface area (TPSA) is 63.4 Å². The molecule has 1 saturated heterocycles. The molecule has 0 aliphatic carbocycles. The lowest BCUT2D eigenvalue weighted by Crippen LogP contribution is -2.33. The molecule has 1 heterocycles. The van der Waals surface area contributed by atoms with Crippen LogP contribution >= 0.6 is 11.6 Å². The van der Waals surface area contributed by atoms with Gasteiger partial charge in [0.1, 0.15) is 0 Å². The molecule has 0 aromatic heterocycles. The van der Waals surface area contributed by atoms with Gasteiger partial charge in [-0.1, -0.05) is 11.6 Å². The second kappa shape index (κ2) is 4.38. The summed E-state index contributed by atoms with van der Waals surface area (Å²) in [6, 6.07) is 5.26. The predicted molar refractivity (Wildman–Crippen MR) is 71.3 cm³/mol. The van der Waals surface area contributed by atoms with Gasteiger partial charge in [-0.15, -0.1) is 0 Å². The summed E-state index contributed by atoms with van der Waals surface area (Å²) < 4.78 is 22.9. The molecule has 1 aliphatic rings. The Labute approximate surface area is 106 Å². The van der Waals surface area contributed by atoms with Gasteiger partial charge in [-0.3, -0.25) is 0 Å². The minimum Gasteiger partial charge on any atom is -0.397 e. The summed E-state index contributed by atoms with van der Waals surface area (Å²) in [6.45, 7) is 0. The van der Waals surface area contributed by atoms with E-state index >= 15 is 0 Å². The minimum absolute atomic E-state index is 0.00322. The lowest BCUT2D eigenvalue weighted by atomic mass is 10.2. The SMILES string of the molecule is CN(c1ccc(Cl)cc1N)C1CCS(=O)(=O)C1. The number of hydrogen-bond donors (Lipinski definition) is 1. The second-order valence-electron chi connectivity index (χ2n) is 4.37. The zero-order chi connectivity index (χ0) is 12.6. The molecule has 1 atom stereocenters. The van der Waals surface area contributed by atoms with Crippen molar-refractivity contribution in [2.75, 3.05) is 29.2 Å². The molecule has 0 radical (unpaired) electrons. The first-order valence-electron chi connectivity index (χ1n) is 5.37. The van der Waals surface area contributed by atoms with Crippen LogP contribution in [0.25, 0.3) is 0 Å². The van der Waals surface area contributed by atoms with Gasteiger partial charge in [0.25, 0.3) is 0 Å². The fourth-order valence-corrected chi connectivity index (χ4v) is 4.08. The maximum absolute atomic E-state index is 11.4. The Morgan fingerprint density at radius 2 is 2.18 bits per heavy atom. The van der Waals surface area contributed by atoms with Gasteiger partial charge in [0.05, 0.1) is 22.9 Å². The molecule has 0 saturated carbocycles. The largest absolute Gasteiger partial charge is 0.397 e. The maximum Gasteiger partial charge on any atom is 0.152 e. The van der Waals surface area contributed by atoms with Gasteiger partial charge in [0, 0.05) is 18.1 Å². The fraction of sp³-hybridized carbons (Fsp3) is 0.455. The van der Waals surface area contributed by atoms with Crippen molar-refractivity contribution in [1.29, 1.82) is 0 Å². The normalized spacial score (nSPS) is 22.6. The van der Waals surface area contributed by atoms with Gasteiger partial charge in [-0.05, 0) is 24.6 Å². The quantitative estimate of drug-likeness (QED) is 0.831. The summed E-state index contributed by atoms with van der Waals surface area (Å²) >= 11 is 5.83. The summed E-state index contributed by atoms with van der Waals surface area (Å²) in [7, 11) is -1.01. The van der Waals surface area contributed by atoms with E-state index in [0.717, 1.165) is 5.69 Å². The molecular weight excluding hydrogens is 260 g/mol. The molecule has 0 spiro atoms. The van der Waals surface area contributed by atoms with Gasteiger partial charge in [-0.2, -0.15) is 0 Å². The lowest BCUT2D eigenvalue weighted by Gasteiger charge is -2.26. The number of halogens is 1. The van der Waals surface area contributed by atoms with E-state index < -0.39 is 9.84 Å². The third kappa shape index (κ3) is 2.66. The summed E-state index contributed by atoms with van der Waals surface area (Å²) in [5.41, 5.74) is 7.29. The van der Waals surface area contributed by atoms with Crippen molar-refractivity contribution in [3.8, 4) is 0 Å². The number of sulfone groups is 1. The third-order valence-corrected chi connectivity index (χ3v) is 5.11. The monoisotopic (exact) mass is 274 g/mol. The Morgan fingerprint density at radius 1 is 1.47 bits per heavy atom. The molecular formula is C11H15ClN2O2S. The van der Waals surface area contributed by atoms with Crippen LogP contribution < -0.4 is 10.6 Å². The van der Waals surface area contributed by atoms with Gasteiger partial charge in [0.15, 0.2) is 9.84 Å². The lowest BCUT2D eigenvalue weighted by molar-refractivity contribution is 0.601. The van der Waals surface area contributed by atoms with Crippen molar-refractivity contribution in [3.05, 3.63) is 23.2 Å². The van der Waals surface area contributed by atoms with Crippen LogP contribution in [0.5, 0.6) is 0 Å². The first-order valence-corrected chi connectivity index (χ1v) is 7.57. The van der Waals surface area contributed by atoms with Crippen LogP contribution in [0.2, 0.25) is 5.02 Å². The predicted octanol–water partition coefficient (Wildman–Crippen LogP) is 1.55. The zero-order valence-corrected chi connectivity index (χ0v) is 11.1. The molecule has 4 nitrogen and oxygen atoms in total. The molecule has 1 aromatic carbocycles. The average Bonchev–Trinajstić information content (AvgIpc) is 2.58. The molecule has 0 bridgehead atoms. The van der Waals surface area contributed by atoms with Gasteiger partial charge < -0.3 is 10.6 Å². The molecule has 1 unspecified atom stereocenters. The number of hydrogen-bond acceptors (Lipinski definition) is 4. The molecule has 94 valence electrons. The molecule has 2 N–H and O–H groups in total. The van der Waals surface area contributed by atoms with Gasteiger partial charge in [0.2, 0.25) is 0 Å². The van der Waals surface area contributed by atoms with Crippen molar-refractivity contribution in [2.24, 2.45) is 0 Å². The molecule has 0 amide bonds. The summed E-state index contributed by atoms with van der Waals surface area (Å²) in [5, 5.41) is 0.582. The number of nitrogens with two attached hydrogens (primary N) is 1. The van der Waals surface area contributed by atoms with Crippen molar-refractivity contribution in [3.63, 3.8) is 0 Å². The highest BCUT2D eigenvalue weighted by Crippen LogP contribution is 2.29. The Kier molecular flexibility index (Phi) is 3.23.